The Kier molecular flexibility index (Phi) is 8.09. The number of carbonyl (C=O) groups excluding carboxylic acids is 4. The molecule has 0 radical (unpaired) electrons. The lowest BCUT2D eigenvalue weighted by atomic mass is 10.1. The molecule has 29 heavy (non-hydrogen) atoms. The van der Waals surface area contributed by atoms with Crippen molar-refractivity contribution in [3.63, 3.8) is 0 Å². The molecule has 0 saturated heterocycles. The van der Waals surface area contributed by atoms with Crippen molar-refractivity contribution in [2.45, 2.75) is 26.7 Å². The Morgan fingerprint density at radius 1 is 0.931 bits per heavy atom. The highest BCUT2D eigenvalue weighted by Gasteiger charge is 2.12. The van der Waals surface area contributed by atoms with Gasteiger partial charge in [-0.05, 0) is 49.7 Å². The second-order valence-corrected chi connectivity index (χ2v) is 7.21. The number of amides is 2. The standard InChI is InChI=1S/C21H21BrN2O5/c1-13-10-17(6-7-18(13)22)24-20(27)12-29-21(28)9-8-19(26)23-16-5-3-4-15(11-16)14(2)25/h3-7,10-11H,8-9,12H2,1-2H3,(H,23,26)(H,24,27). The summed E-state index contributed by atoms with van der Waals surface area (Å²) < 4.78 is 5.82. The first-order valence-electron chi connectivity index (χ1n) is 8.87. The number of esters is 1. The number of hydrogen-bond acceptors (Lipinski definition) is 5. The van der Waals surface area contributed by atoms with Gasteiger partial charge in [-0.1, -0.05) is 28.1 Å². The van der Waals surface area contributed by atoms with Crippen molar-refractivity contribution in [2.75, 3.05) is 17.2 Å². The maximum Gasteiger partial charge on any atom is 0.306 e. The maximum atomic E-state index is 11.9. The van der Waals surface area contributed by atoms with E-state index in [9.17, 15) is 19.2 Å². The van der Waals surface area contributed by atoms with Gasteiger partial charge in [-0.15, -0.1) is 0 Å². The molecule has 0 atom stereocenters. The molecule has 0 aliphatic carbocycles. The third-order valence-corrected chi connectivity index (χ3v) is 4.80. The van der Waals surface area contributed by atoms with Crippen molar-refractivity contribution in [3.05, 3.63) is 58.1 Å². The summed E-state index contributed by atoms with van der Waals surface area (Å²) in [5.41, 5.74) is 2.51. The van der Waals surface area contributed by atoms with Crippen molar-refractivity contribution < 1.29 is 23.9 Å². The summed E-state index contributed by atoms with van der Waals surface area (Å²) in [7, 11) is 0. The molecular weight excluding hydrogens is 440 g/mol. The average Bonchev–Trinajstić information content (AvgIpc) is 2.68. The van der Waals surface area contributed by atoms with Crippen LogP contribution in [0.5, 0.6) is 0 Å². The normalized spacial score (nSPS) is 10.2. The fourth-order valence-corrected chi connectivity index (χ4v) is 2.64. The van der Waals surface area contributed by atoms with Crippen LogP contribution in [0.2, 0.25) is 0 Å². The maximum absolute atomic E-state index is 11.9. The highest BCUT2D eigenvalue weighted by Crippen LogP contribution is 2.20. The molecule has 7 nitrogen and oxygen atoms in total. The van der Waals surface area contributed by atoms with Crippen LogP contribution in [-0.4, -0.2) is 30.2 Å². The molecule has 0 fully saturated rings. The van der Waals surface area contributed by atoms with Gasteiger partial charge in [0.05, 0.1) is 6.42 Å². The molecule has 2 aromatic rings. The van der Waals surface area contributed by atoms with Gasteiger partial charge >= 0.3 is 5.97 Å². The topological polar surface area (TPSA) is 102 Å². The van der Waals surface area contributed by atoms with Crippen LogP contribution in [0.3, 0.4) is 0 Å². The molecule has 0 unspecified atom stereocenters. The third kappa shape index (κ3) is 7.50. The SMILES string of the molecule is CC(=O)c1cccc(NC(=O)CCC(=O)OCC(=O)Nc2ccc(Br)c(C)c2)c1. The number of halogens is 1. The quantitative estimate of drug-likeness (QED) is 0.459. The molecule has 0 aliphatic rings. The zero-order valence-corrected chi connectivity index (χ0v) is 17.7. The Balaban J connectivity index is 1.72. The van der Waals surface area contributed by atoms with Gasteiger partial charge in [-0.3, -0.25) is 19.2 Å². The van der Waals surface area contributed by atoms with Crippen LogP contribution in [-0.2, 0) is 19.1 Å². The van der Waals surface area contributed by atoms with Crippen LogP contribution in [0.25, 0.3) is 0 Å². The molecule has 0 bridgehead atoms. The zero-order valence-electron chi connectivity index (χ0n) is 16.1. The van der Waals surface area contributed by atoms with Gasteiger partial charge < -0.3 is 15.4 Å². The smallest absolute Gasteiger partial charge is 0.306 e. The molecular formula is C21H21BrN2O5. The Hall–Kier alpha value is -3.00. The average molecular weight is 461 g/mol. The van der Waals surface area contributed by atoms with Crippen LogP contribution < -0.4 is 10.6 Å². The minimum atomic E-state index is -0.653. The summed E-state index contributed by atoms with van der Waals surface area (Å²) in [6, 6.07) is 11.8. The van der Waals surface area contributed by atoms with Crippen molar-refractivity contribution >= 4 is 50.9 Å². The molecule has 2 N–H and O–H groups in total. The summed E-state index contributed by atoms with van der Waals surface area (Å²) in [6.07, 6.45) is -0.264. The predicted octanol–water partition coefficient (Wildman–Crippen LogP) is 3.86. The second-order valence-electron chi connectivity index (χ2n) is 6.36. The van der Waals surface area contributed by atoms with Crippen molar-refractivity contribution in [1.29, 1.82) is 0 Å². The van der Waals surface area contributed by atoms with E-state index in [1.54, 1.807) is 36.4 Å². The van der Waals surface area contributed by atoms with E-state index in [1.165, 1.54) is 6.92 Å². The van der Waals surface area contributed by atoms with Crippen LogP contribution in [0.4, 0.5) is 11.4 Å². The summed E-state index contributed by atoms with van der Waals surface area (Å²) in [4.78, 5) is 47.0. The van der Waals surface area contributed by atoms with Gasteiger partial charge in [0, 0.05) is 27.8 Å². The minimum absolute atomic E-state index is 0.101. The molecule has 2 rings (SSSR count). The molecule has 0 saturated carbocycles. The fraction of sp³-hybridized carbons (Fsp3) is 0.238. The van der Waals surface area contributed by atoms with E-state index >= 15 is 0 Å². The molecule has 0 heterocycles. The summed E-state index contributed by atoms with van der Waals surface area (Å²) in [5, 5.41) is 5.25. The highest BCUT2D eigenvalue weighted by atomic mass is 79.9. The molecule has 152 valence electrons. The van der Waals surface area contributed by atoms with Gasteiger partial charge in [-0.2, -0.15) is 0 Å². The van der Waals surface area contributed by atoms with E-state index in [1.807, 2.05) is 13.0 Å². The lowest BCUT2D eigenvalue weighted by Gasteiger charge is -2.08. The largest absolute Gasteiger partial charge is 0.456 e. The number of carbonyl (C=O) groups is 4. The van der Waals surface area contributed by atoms with Crippen molar-refractivity contribution in [3.8, 4) is 0 Å². The monoisotopic (exact) mass is 460 g/mol. The van der Waals surface area contributed by atoms with Crippen LogP contribution in [0.15, 0.2) is 46.9 Å². The number of nitrogens with one attached hydrogen (secondary N) is 2. The highest BCUT2D eigenvalue weighted by molar-refractivity contribution is 9.10. The van der Waals surface area contributed by atoms with E-state index in [-0.39, 0.29) is 18.6 Å². The third-order valence-electron chi connectivity index (χ3n) is 3.91. The molecule has 0 aromatic heterocycles. The number of hydrogen-bond donors (Lipinski definition) is 2. The molecule has 2 aromatic carbocycles. The van der Waals surface area contributed by atoms with E-state index < -0.39 is 24.4 Å². The second kappa shape index (κ2) is 10.5. The Morgan fingerprint density at radius 3 is 2.31 bits per heavy atom. The number of rotatable bonds is 8. The number of ketones is 1. The van der Waals surface area contributed by atoms with Gasteiger partial charge in [0.1, 0.15) is 0 Å². The molecule has 2 amide bonds. The van der Waals surface area contributed by atoms with Gasteiger partial charge in [0.2, 0.25) is 5.91 Å². The molecule has 8 heteroatoms. The molecule has 0 aliphatic heterocycles. The van der Waals surface area contributed by atoms with E-state index in [2.05, 4.69) is 26.6 Å². The van der Waals surface area contributed by atoms with Gasteiger partial charge in [0.25, 0.3) is 5.91 Å². The number of benzene rings is 2. The lowest BCUT2D eigenvalue weighted by Crippen LogP contribution is -2.21. The number of Topliss-reactive ketones (excluding diaryl/α,β-unsaturated/α-hetero) is 1. The first kappa shape index (κ1) is 22.3. The molecule has 0 spiro atoms. The van der Waals surface area contributed by atoms with Crippen molar-refractivity contribution in [1.82, 2.24) is 0 Å². The summed E-state index contributed by atoms with van der Waals surface area (Å²) in [6.45, 7) is 2.89. The lowest BCUT2D eigenvalue weighted by molar-refractivity contribution is -0.147. The first-order valence-corrected chi connectivity index (χ1v) is 9.66. The summed E-state index contributed by atoms with van der Waals surface area (Å²) >= 11 is 3.38. The van der Waals surface area contributed by atoms with E-state index in [0.717, 1.165) is 10.0 Å². The Bertz CT molecular complexity index is 942. The minimum Gasteiger partial charge on any atom is -0.456 e. The van der Waals surface area contributed by atoms with E-state index in [4.69, 9.17) is 4.74 Å². The number of ether oxygens (including phenoxy) is 1. The van der Waals surface area contributed by atoms with E-state index in [0.29, 0.717) is 16.9 Å². The zero-order chi connectivity index (χ0) is 21.4. The van der Waals surface area contributed by atoms with Crippen LogP contribution in [0.1, 0.15) is 35.7 Å². The first-order chi connectivity index (χ1) is 13.7. The fourth-order valence-electron chi connectivity index (χ4n) is 2.39. The van der Waals surface area contributed by atoms with Gasteiger partial charge in [0.15, 0.2) is 12.4 Å². The van der Waals surface area contributed by atoms with Gasteiger partial charge in [-0.25, -0.2) is 0 Å². The number of anilines is 2. The van der Waals surface area contributed by atoms with Crippen LogP contribution in [0, 0.1) is 6.92 Å². The predicted molar refractivity (Wildman–Crippen MR) is 113 cm³/mol. The number of aryl methyl sites for hydroxylation is 1. The Labute approximate surface area is 176 Å². The van der Waals surface area contributed by atoms with Crippen molar-refractivity contribution in [2.24, 2.45) is 0 Å². The van der Waals surface area contributed by atoms with Crippen LogP contribution >= 0.6 is 15.9 Å². The Morgan fingerprint density at radius 2 is 1.62 bits per heavy atom. The summed E-state index contributed by atoms with van der Waals surface area (Å²) in [5.74, 6) is -1.62.